The van der Waals surface area contributed by atoms with Crippen LogP contribution in [0.25, 0.3) is 0 Å². The molecule has 0 aromatic rings. The molecule has 0 aliphatic carbocycles. The van der Waals surface area contributed by atoms with Gasteiger partial charge in [0.15, 0.2) is 0 Å². The Bertz CT molecular complexity index is 790. The second-order valence-corrected chi connectivity index (χ2v) is 10.5. The second kappa shape index (κ2) is 20.9. The largest absolute Gasteiger partial charge is 0.393 e. The Morgan fingerprint density at radius 1 is 0.769 bits per heavy atom. The lowest BCUT2D eigenvalue weighted by Gasteiger charge is -2.24. The molecule has 0 aliphatic rings. The van der Waals surface area contributed by atoms with Gasteiger partial charge in [-0.3, -0.25) is 24.0 Å². The molecule has 0 saturated heterocycles. The number of carbonyl (C=O) groups is 6. The van der Waals surface area contributed by atoms with Gasteiger partial charge in [0.1, 0.15) is 18.4 Å². The Kier molecular flexibility index (Phi) is 19.3. The molecular formula is C27H49N5O7. The van der Waals surface area contributed by atoms with Gasteiger partial charge < -0.3 is 37.3 Å². The van der Waals surface area contributed by atoms with Crippen LogP contribution in [0.2, 0.25) is 0 Å². The quantitative estimate of drug-likeness (QED) is 0.0784. The number of primary amides is 2. The smallest absolute Gasteiger partial charge is 0.243 e. The summed E-state index contributed by atoms with van der Waals surface area (Å²) in [5.74, 6) is -3.70. The van der Waals surface area contributed by atoms with Gasteiger partial charge in [-0.1, -0.05) is 65.7 Å². The highest BCUT2D eigenvalue weighted by Crippen LogP contribution is 2.11. The van der Waals surface area contributed by atoms with Crippen LogP contribution in [0.15, 0.2) is 0 Å². The summed E-state index contributed by atoms with van der Waals surface area (Å²) in [7, 11) is 0. The maximum Gasteiger partial charge on any atom is 0.243 e. The van der Waals surface area contributed by atoms with E-state index in [-0.39, 0.29) is 25.2 Å². The van der Waals surface area contributed by atoms with Crippen molar-refractivity contribution in [2.45, 2.75) is 128 Å². The van der Waals surface area contributed by atoms with Crippen LogP contribution in [0, 0.1) is 5.92 Å². The molecule has 0 bridgehead atoms. The van der Waals surface area contributed by atoms with E-state index in [9.17, 15) is 33.9 Å². The van der Waals surface area contributed by atoms with E-state index in [1.54, 1.807) is 0 Å². The number of unbranched alkanes of at least 4 members (excludes halogenated alkanes) is 6. The normalized spacial score (nSPS) is 14.1. The molecule has 4 atom stereocenters. The number of nitrogens with two attached hydrogens (primary N) is 2. The van der Waals surface area contributed by atoms with Crippen LogP contribution in [-0.4, -0.2) is 65.2 Å². The van der Waals surface area contributed by atoms with Crippen LogP contribution < -0.4 is 27.4 Å². The second-order valence-electron chi connectivity index (χ2n) is 10.5. The van der Waals surface area contributed by atoms with E-state index in [1.165, 1.54) is 19.3 Å². The van der Waals surface area contributed by atoms with E-state index in [2.05, 4.69) is 22.9 Å². The van der Waals surface area contributed by atoms with Crippen molar-refractivity contribution in [3.63, 3.8) is 0 Å². The van der Waals surface area contributed by atoms with Gasteiger partial charge in [0.25, 0.3) is 0 Å². The van der Waals surface area contributed by atoms with Crippen molar-refractivity contribution in [2.75, 3.05) is 0 Å². The zero-order valence-corrected chi connectivity index (χ0v) is 23.7. The molecule has 0 heterocycles. The van der Waals surface area contributed by atoms with Crippen LogP contribution in [0.5, 0.6) is 0 Å². The van der Waals surface area contributed by atoms with E-state index < -0.39 is 60.2 Å². The van der Waals surface area contributed by atoms with Crippen molar-refractivity contribution in [1.29, 1.82) is 0 Å². The van der Waals surface area contributed by atoms with Crippen molar-refractivity contribution in [1.82, 2.24) is 16.0 Å². The lowest BCUT2D eigenvalue weighted by atomic mass is 10.0. The average molecular weight is 556 g/mol. The molecule has 0 saturated carbocycles. The number of aliphatic hydroxyl groups excluding tert-OH is 1. The van der Waals surface area contributed by atoms with Gasteiger partial charge in [-0.15, -0.1) is 0 Å². The van der Waals surface area contributed by atoms with Gasteiger partial charge in [0, 0.05) is 6.42 Å². The third-order valence-corrected chi connectivity index (χ3v) is 6.15. The van der Waals surface area contributed by atoms with Crippen LogP contribution in [0.1, 0.15) is 104 Å². The summed E-state index contributed by atoms with van der Waals surface area (Å²) in [4.78, 5) is 72.5. The number of hydrogen-bond acceptors (Lipinski definition) is 7. The zero-order chi connectivity index (χ0) is 29.8. The summed E-state index contributed by atoms with van der Waals surface area (Å²) in [6, 6.07) is -3.46. The molecule has 0 rings (SSSR count). The first-order valence-corrected chi connectivity index (χ1v) is 14.0. The minimum absolute atomic E-state index is 0.107. The van der Waals surface area contributed by atoms with Crippen molar-refractivity contribution in [3.8, 4) is 0 Å². The lowest BCUT2D eigenvalue weighted by molar-refractivity contribution is -0.134. The van der Waals surface area contributed by atoms with Crippen molar-refractivity contribution in [3.05, 3.63) is 0 Å². The van der Waals surface area contributed by atoms with Crippen LogP contribution >= 0.6 is 0 Å². The number of rotatable bonds is 23. The summed E-state index contributed by atoms with van der Waals surface area (Å²) in [5, 5.41) is 17.6. The van der Waals surface area contributed by atoms with Gasteiger partial charge in [-0.05, 0) is 25.2 Å². The maximum atomic E-state index is 12.9. The number of carbonyl (C=O) groups excluding carboxylic acids is 6. The van der Waals surface area contributed by atoms with Crippen molar-refractivity contribution < 1.29 is 33.9 Å². The van der Waals surface area contributed by atoms with Gasteiger partial charge in [0.05, 0.1) is 25.0 Å². The fraction of sp³-hybridized carbons (Fsp3) is 0.778. The van der Waals surface area contributed by atoms with E-state index in [4.69, 9.17) is 11.5 Å². The molecule has 12 heteroatoms. The molecule has 39 heavy (non-hydrogen) atoms. The van der Waals surface area contributed by atoms with Crippen LogP contribution in [0.3, 0.4) is 0 Å². The molecule has 0 aliphatic heterocycles. The number of aliphatic hydroxyl groups is 1. The Morgan fingerprint density at radius 2 is 1.36 bits per heavy atom. The average Bonchev–Trinajstić information content (AvgIpc) is 2.84. The number of nitrogens with one attached hydrogen (secondary N) is 3. The lowest BCUT2D eigenvalue weighted by Crippen LogP contribution is -2.56. The van der Waals surface area contributed by atoms with E-state index in [1.807, 2.05) is 13.8 Å². The topological polar surface area (TPSA) is 211 Å². The standard InChI is InChI=1S/C27H49N5O7/c1-4-5-6-7-8-9-10-11-20(34)15-25(37)31-22(16-24(29)36)27(39)32-21(12-13-23(28)35)26(38)30-19(17-33)14-18(2)3/h17-22,34H,4-16H2,1-3H3,(H2,28,35)(H2,29,36)(H,30,38)(H,31,37)(H,32,39)/t19?,20-,21+,22+/m1/s1. The molecule has 5 amide bonds. The molecule has 0 aromatic carbocycles. The van der Waals surface area contributed by atoms with Gasteiger partial charge in [-0.25, -0.2) is 0 Å². The first kappa shape index (κ1) is 36.0. The SMILES string of the molecule is CCCCCCCCC[C@@H](O)CC(=O)N[C@@H](CC(N)=O)C(=O)N[C@@H](CCC(N)=O)C(=O)NC(C=O)CC(C)C. The zero-order valence-electron chi connectivity index (χ0n) is 23.7. The monoisotopic (exact) mass is 555 g/mol. The first-order valence-electron chi connectivity index (χ1n) is 14.0. The van der Waals surface area contributed by atoms with E-state index in [0.29, 0.717) is 19.1 Å². The Morgan fingerprint density at radius 3 is 1.90 bits per heavy atom. The third kappa shape index (κ3) is 18.8. The molecule has 0 fully saturated rings. The van der Waals surface area contributed by atoms with Crippen molar-refractivity contribution in [2.24, 2.45) is 17.4 Å². The summed E-state index contributed by atoms with van der Waals surface area (Å²) in [6.07, 6.45) is 6.76. The van der Waals surface area contributed by atoms with Crippen molar-refractivity contribution >= 4 is 35.8 Å². The summed E-state index contributed by atoms with van der Waals surface area (Å²) < 4.78 is 0. The van der Waals surface area contributed by atoms with Gasteiger partial charge in [-0.2, -0.15) is 0 Å². The molecule has 224 valence electrons. The minimum Gasteiger partial charge on any atom is -0.393 e. The Labute approximate surface area is 231 Å². The molecule has 12 nitrogen and oxygen atoms in total. The van der Waals surface area contributed by atoms with Gasteiger partial charge >= 0.3 is 0 Å². The third-order valence-electron chi connectivity index (χ3n) is 6.15. The predicted molar refractivity (Wildman–Crippen MR) is 147 cm³/mol. The molecular weight excluding hydrogens is 506 g/mol. The Balaban J connectivity index is 5.12. The molecule has 0 aromatic heterocycles. The highest BCUT2D eigenvalue weighted by atomic mass is 16.3. The number of amides is 5. The number of hydrogen-bond donors (Lipinski definition) is 6. The first-order chi connectivity index (χ1) is 18.4. The van der Waals surface area contributed by atoms with Crippen LogP contribution in [0.4, 0.5) is 0 Å². The fourth-order valence-electron chi connectivity index (χ4n) is 4.08. The highest BCUT2D eigenvalue weighted by Gasteiger charge is 2.29. The Hall–Kier alpha value is -3.02. The molecule has 8 N–H and O–H groups in total. The predicted octanol–water partition coefficient (Wildman–Crippen LogP) is 0.718. The highest BCUT2D eigenvalue weighted by molar-refractivity contribution is 5.95. The fourth-order valence-corrected chi connectivity index (χ4v) is 4.08. The summed E-state index contributed by atoms with van der Waals surface area (Å²) >= 11 is 0. The number of aldehydes is 1. The molecule has 1 unspecified atom stereocenters. The van der Waals surface area contributed by atoms with Gasteiger partial charge in [0.2, 0.25) is 29.5 Å². The maximum absolute atomic E-state index is 12.9. The molecule has 0 spiro atoms. The summed E-state index contributed by atoms with van der Waals surface area (Å²) in [5.41, 5.74) is 10.4. The minimum atomic E-state index is -1.40. The van der Waals surface area contributed by atoms with Crippen LogP contribution in [-0.2, 0) is 28.8 Å². The molecule has 0 radical (unpaired) electrons. The van der Waals surface area contributed by atoms with E-state index >= 15 is 0 Å². The summed E-state index contributed by atoms with van der Waals surface area (Å²) in [6.45, 7) is 5.90. The van der Waals surface area contributed by atoms with E-state index in [0.717, 1.165) is 25.7 Å².